The van der Waals surface area contributed by atoms with Gasteiger partial charge in [0.2, 0.25) is 11.8 Å². The first-order valence-corrected chi connectivity index (χ1v) is 13.7. The van der Waals surface area contributed by atoms with E-state index in [0.29, 0.717) is 43.1 Å². The highest BCUT2D eigenvalue weighted by atomic mass is 16.5. The van der Waals surface area contributed by atoms with Gasteiger partial charge in [-0.25, -0.2) is 9.97 Å². The summed E-state index contributed by atoms with van der Waals surface area (Å²) in [6.07, 6.45) is 3.85. The number of likely N-dealkylation sites (tertiary alicyclic amines) is 1. The average Bonchev–Trinajstić information content (AvgIpc) is 3.31. The molecular formula is C32H32N6O4. The van der Waals surface area contributed by atoms with Crippen LogP contribution in [0.4, 0.5) is 5.82 Å². The van der Waals surface area contributed by atoms with Crippen molar-refractivity contribution < 1.29 is 19.4 Å². The van der Waals surface area contributed by atoms with Gasteiger partial charge in [0, 0.05) is 31.6 Å². The lowest BCUT2D eigenvalue weighted by atomic mass is 9.96. The van der Waals surface area contributed by atoms with Crippen LogP contribution in [0.15, 0.2) is 73.6 Å². The van der Waals surface area contributed by atoms with Crippen LogP contribution in [0.1, 0.15) is 18.5 Å². The average molecular weight is 565 g/mol. The molecule has 0 aliphatic carbocycles. The molecule has 0 radical (unpaired) electrons. The molecule has 3 heterocycles. The highest BCUT2D eigenvalue weighted by Gasteiger charge is 2.28. The lowest BCUT2D eigenvalue weighted by molar-refractivity contribution is -0.137. The summed E-state index contributed by atoms with van der Waals surface area (Å²) in [5, 5.41) is 12.8. The van der Waals surface area contributed by atoms with Crippen LogP contribution in [0.5, 0.6) is 11.5 Å². The first kappa shape index (κ1) is 28.4. The van der Waals surface area contributed by atoms with Crippen molar-refractivity contribution in [2.45, 2.75) is 18.9 Å². The van der Waals surface area contributed by atoms with Crippen molar-refractivity contribution in [3.05, 3.63) is 79.3 Å². The van der Waals surface area contributed by atoms with E-state index in [1.54, 1.807) is 4.90 Å². The molecule has 214 valence electrons. The van der Waals surface area contributed by atoms with Crippen LogP contribution in [0.2, 0.25) is 0 Å². The number of hydrogen-bond acceptors (Lipinski definition) is 7. The van der Waals surface area contributed by atoms with E-state index in [9.17, 15) is 14.7 Å². The Bertz CT molecular complexity index is 1660. The summed E-state index contributed by atoms with van der Waals surface area (Å²) in [5.41, 5.74) is 9.54. The second-order valence-corrected chi connectivity index (χ2v) is 10.00. The maximum absolute atomic E-state index is 12.8. The molecule has 0 spiro atoms. The van der Waals surface area contributed by atoms with Crippen molar-refractivity contribution in [2.24, 2.45) is 13.0 Å². The number of piperidine rings is 1. The van der Waals surface area contributed by atoms with E-state index < -0.39 is 18.6 Å². The summed E-state index contributed by atoms with van der Waals surface area (Å²) in [5.74, 6) is 7.85. The third-order valence-corrected chi connectivity index (χ3v) is 7.30. The molecule has 1 fully saturated rings. The predicted octanol–water partition coefficient (Wildman–Crippen LogP) is 3.26. The first-order valence-electron chi connectivity index (χ1n) is 13.7. The maximum atomic E-state index is 12.8. The van der Waals surface area contributed by atoms with Gasteiger partial charge in [0.1, 0.15) is 41.0 Å². The fraction of sp³-hybridized carbons (Fsp3) is 0.250. The van der Waals surface area contributed by atoms with E-state index >= 15 is 0 Å². The summed E-state index contributed by atoms with van der Waals surface area (Å²) in [4.78, 5) is 34.8. The number of para-hydroxylation sites is 1. The van der Waals surface area contributed by atoms with Gasteiger partial charge >= 0.3 is 0 Å². The van der Waals surface area contributed by atoms with Gasteiger partial charge in [-0.2, -0.15) is 0 Å². The van der Waals surface area contributed by atoms with Crippen LogP contribution < -0.4 is 15.8 Å². The monoisotopic (exact) mass is 564 g/mol. The number of anilines is 1. The second-order valence-electron chi connectivity index (χ2n) is 10.00. The zero-order valence-corrected chi connectivity index (χ0v) is 23.3. The van der Waals surface area contributed by atoms with Crippen molar-refractivity contribution in [2.75, 3.05) is 25.4 Å². The van der Waals surface area contributed by atoms with Crippen LogP contribution in [0.3, 0.4) is 0 Å². The Balaban J connectivity index is 1.38. The number of aryl methyl sites for hydroxylation is 1. The molecule has 4 aromatic rings. The number of carbonyl (C=O) groups is 2. The van der Waals surface area contributed by atoms with Crippen LogP contribution in [0, 0.1) is 17.8 Å². The number of aliphatic hydroxyl groups excluding tert-OH is 1. The molecule has 5 rings (SSSR count). The highest BCUT2D eigenvalue weighted by Crippen LogP contribution is 2.37. The fourth-order valence-electron chi connectivity index (χ4n) is 5.07. The van der Waals surface area contributed by atoms with Crippen LogP contribution in [-0.2, 0) is 16.6 Å². The Morgan fingerprint density at radius 1 is 1.14 bits per heavy atom. The number of nitrogens with two attached hydrogens (primary N) is 1. The van der Waals surface area contributed by atoms with E-state index in [0.717, 1.165) is 34.0 Å². The SMILES string of the molecule is C=CC(=O)N[C@H](CO)C(=O)N1CCC(C#Cc2c(-c3ccc(Oc4ccccc4)cc3)c3c(N)ncnc3n2C)CC1. The summed E-state index contributed by atoms with van der Waals surface area (Å²) in [6.45, 7) is 3.86. The number of nitrogens with zero attached hydrogens (tertiary/aromatic N) is 4. The molecule has 0 unspecified atom stereocenters. The summed E-state index contributed by atoms with van der Waals surface area (Å²) >= 11 is 0. The molecule has 1 aliphatic heterocycles. The van der Waals surface area contributed by atoms with Crippen LogP contribution in [0.25, 0.3) is 22.2 Å². The van der Waals surface area contributed by atoms with Crippen molar-refractivity contribution >= 4 is 28.7 Å². The maximum Gasteiger partial charge on any atom is 0.247 e. The second kappa shape index (κ2) is 12.6. The summed E-state index contributed by atoms with van der Waals surface area (Å²) in [6, 6.07) is 16.3. The predicted molar refractivity (Wildman–Crippen MR) is 160 cm³/mol. The Hall–Kier alpha value is -5.14. The fourth-order valence-corrected chi connectivity index (χ4v) is 5.07. The van der Waals surface area contributed by atoms with E-state index in [2.05, 4.69) is 33.7 Å². The molecule has 2 aromatic heterocycles. The number of aliphatic hydroxyl groups is 1. The third kappa shape index (κ3) is 5.96. The Morgan fingerprint density at radius 2 is 1.83 bits per heavy atom. The van der Waals surface area contributed by atoms with Crippen molar-refractivity contribution in [1.29, 1.82) is 0 Å². The van der Waals surface area contributed by atoms with Gasteiger partial charge < -0.3 is 30.4 Å². The quantitative estimate of drug-likeness (QED) is 0.232. The number of rotatable bonds is 7. The summed E-state index contributed by atoms with van der Waals surface area (Å²) < 4.78 is 7.89. The van der Waals surface area contributed by atoms with Gasteiger partial charge in [-0.1, -0.05) is 42.8 Å². The highest BCUT2D eigenvalue weighted by molar-refractivity contribution is 6.03. The van der Waals surface area contributed by atoms with Gasteiger partial charge in [-0.3, -0.25) is 9.59 Å². The molecule has 10 heteroatoms. The molecule has 42 heavy (non-hydrogen) atoms. The van der Waals surface area contributed by atoms with E-state index in [-0.39, 0.29) is 11.8 Å². The standard InChI is InChI=1S/C32H32N6O4/c1-3-27(40)36-25(19-39)32(41)38-17-15-21(16-18-38)9-14-26-28(29-30(33)34-20-35-31(29)37(26)2)22-10-12-24(13-11-22)42-23-7-5-4-6-8-23/h3-8,10-13,20-21,25,39H,1,15-19H2,2H3,(H,36,40)(H2,33,34,35)/t25-/m1/s1. The van der Waals surface area contributed by atoms with Crippen molar-refractivity contribution in [3.8, 4) is 34.5 Å². The lowest BCUT2D eigenvalue weighted by Crippen LogP contribution is -2.52. The lowest BCUT2D eigenvalue weighted by Gasteiger charge is -2.32. The van der Waals surface area contributed by atoms with Gasteiger partial charge in [0.25, 0.3) is 0 Å². The molecule has 2 aromatic carbocycles. The molecule has 1 atom stereocenters. The number of hydrogen-bond donors (Lipinski definition) is 3. The third-order valence-electron chi connectivity index (χ3n) is 7.30. The smallest absolute Gasteiger partial charge is 0.247 e. The van der Waals surface area contributed by atoms with Gasteiger partial charge in [0.05, 0.1) is 12.0 Å². The number of nitrogens with one attached hydrogen (secondary N) is 1. The molecular weight excluding hydrogens is 532 g/mol. The zero-order valence-electron chi connectivity index (χ0n) is 23.3. The molecule has 1 saturated heterocycles. The molecule has 10 nitrogen and oxygen atoms in total. The molecule has 2 amide bonds. The van der Waals surface area contributed by atoms with Crippen LogP contribution >= 0.6 is 0 Å². The first-order chi connectivity index (χ1) is 20.4. The minimum absolute atomic E-state index is 0.0559. The molecule has 0 saturated carbocycles. The number of aromatic nitrogens is 3. The van der Waals surface area contributed by atoms with Crippen LogP contribution in [-0.4, -0.2) is 62.1 Å². The largest absolute Gasteiger partial charge is 0.457 e. The van der Waals surface area contributed by atoms with E-state index in [4.69, 9.17) is 10.5 Å². The molecule has 1 aliphatic rings. The zero-order chi connectivity index (χ0) is 29.6. The topological polar surface area (TPSA) is 136 Å². The Labute approximate surface area is 243 Å². The van der Waals surface area contributed by atoms with Gasteiger partial charge in [-0.15, -0.1) is 0 Å². The minimum atomic E-state index is -0.993. The minimum Gasteiger partial charge on any atom is -0.457 e. The summed E-state index contributed by atoms with van der Waals surface area (Å²) in [7, 11) is 1.91. The van der Waals surface area contributed by atoms with Crippen molar-refractivity contribution in [1.82, 2.24) is 24.8 Å². The van der Waals surface area contributed by atoms with E-state index in [1.165, 1.54) is 6.33 Å². The van der Waals surface area contributed by atoms with Crippen molar-refractivity contribution in [3.63, 3.8) is 0 Å². The number of amides is 2. The van der Waals surface area contributed by atoms with Gasteiger partial charge in [0.15, 0.2) is 0 Å². The number of carbonyl (C=O) groups excluding carboxylic acids is 2. The number of ether oxygens (including phenoxy) is 1. The number of benzene rings is 2. The Kier molecular flexibility index (Phi) is 8.50. The normalized spacial score (nSPS) is 14.1. The van der Waals surface area contributed by atoms with E-state index in [1.807, 2.05) is 66.2 Å². The molecule has 0 bridgehead atoms. The van der Waals surface area contributed by atoms with Gasteiger partial charge in [-0.05, 0) is 54.7 Å². The number of fused-ring (bicyclic) bond motifs is 1. The number of nitrogen functional groups attached to an aromatic ring is 1. The molecule has 4 N–H and O–H groups in total. The Morgan fingerprint density at radius 3 is 2.50 bits per heavy atom.